The maximum absolute atomic E-state index is 12.8. The average Bonchev–Trinajstić information content (AvgIpc) is 2.67. The number of carbonyl (C=O) groups is 1. The molecular weight excluding hydrogens is 275 g/mol. The molecule has 20 heavy (non-hydrogen) atoms. The van der Waals surface area contributed by atoms with Crippen molar-refractivity contribution in [2.75, 3.05) is 0 Å². The standard InChI is InChI=1S/C13H14F3NO3/c1-7-10(13(14,15)16)20-17-12(7,2)9-5-3-8(4-6-9)11(18)19/h3-5,9,17H,6H2,1-2H3,(H,18,19). The molecule has 0 aromatic carbocycles. The second-order valence-corrected chi connectivity index (χ2v) is 5.02. The van der Waals surface area contributed by atoms with Gasteiger partial charge in [-0.25, -0.2) is 4.79 Å². The SMILES string of the molecule is CC1=C(C(F)(F)F)ONC1(C)C1C=CC(C(=O)O)=CC1. The lowest BCUT2D eigenvalue weighted by atomic mass is 9.76. The number of alkyl halides is 3. The zero-order valence-electron chi connectivity index (χ0n) is 10.9. The molecule has 2 aliphatic rings. The molecule has 2 rings (SSSR count). The van der Waals surface area contributed by atoms with Crippen LogP contribution in [0.3, 0.4) is 0 Å². The van der Waals surface area contributed by atoms with Gasteiger partial charge in [0.25, 0.3) is 0 Å². The van der Waals surface area contributed by atoms with Gasteiger partial charge < -0.3 is 9.94 Å². The predicted molar refractivity (Wildman–Crippen MR) is 64.3 cm³/mol. The van der Waals surface area contributed by atoms with Crippen molar-refractivity contribution in [3.8, 4) is 0 Å². The lowest BCUT2D eigenvalue weighted by Crippen LogP contribution is -2.45. The van der Waals surface area contributed by atoms with Gasteiger partial charge in [0.15, 0.2) is 0 Å². The fraction of sp³-hybridized carbons (Fsp3) is 0.462. The number of nitrogens with one attached hydrogen (secondary N) is 1. The van der Waals surface area contributed by atoms with Gasteiger partial charge in [0.2, 0.25) is 5.76 Å². The number of carboxylic acids is 1. The van der Waals surface area contributed by atoms with E-state index in [-0.39, 0.29) is 17.1 Å². The molecule has 0 radical (unpaired) electrons. The Morgan fingerprint density at radius 1 is 1.55 bits per heavy atom. The second kappa shape index (κ2) is 4.66. The van der Waals surface area contributed by atoms with E-state index in [4.69, 9.17) is 5.11 Å². The second-order valence-electron chi connectivity index (χ2n) is 5.02. The maximum Gasteiger partial charge on any atom is 0.451 e. The van der Waals surface area contributed by atoms with E-state index in [9.17, 15) is 18.0 Å². The molecule has 7 heteroatoms. The van der Waals surface area contributed by atoms with E-state index in [1.54, 1.807) is 13.0 Å². The van der Waals surface area contributed by atoms with E-state index in [1.165, 1.54) is 19.1 Å². The Bertz CT molecular complexity index is 533. The summed E-state index contributed by atoms with van der Waals surface area (Å²) < 4.78 is 38.3. The molecule has 4 nitrogen and oxygen atoms in total. The molecule has 1 aliphatic heterocycles. The fourth-order valence-electron chi connectivity index (χ4n) is 2.38. The largest absolute Gasteiger partial charge is 0.478 e. The zero-order valence-corrected chi connectivity index (χ0v) is 10.9. The topological polar surface area (TPSA) is 58.6 Å². The van der Waals surface area contributed by atoms with Gasteiger partial charge >= 0.3 is 12.1 Å². The first-order valence-corrected chi connectivity index (χ1v) is 6.00. The van der Waals surface area contributed by atoms with Gasteiger partial charge in [-0.1, -0.05) is 18.2 Å². The van der Waals surface area contributed by atoms with Crippen LogP contribution in [0.4, 0.5) is 13.2 Å². The Morgan fingerprint density at radius 2 is 2.20 bits per heavy atom. The lowest BCUT2D eigenvalue weighted by Gasteiger charge is -2.32. The maximum atomic E-state index is 12.8. The molecule has 2 unspecified atom stereocenters. The average molecular weight is 289 g/mol. The molecule has 0 aromatic heterocycles. The Balaban J connectivity index is 2.25. The quantitative estimate of drug-likeness (QED) is 0.820. The first kappa shape index (κ1) is 14.6. The highest BCUT2D eigenvalue weighted by Crippen LogP contribution is 2.42. The van der Waals surface area contributed by atoms with Gasteiger partial charge in [-0.3, -0.25) is 0 Å². The van der Waals surface area contributed by atoms with Crippen LogP contribution in [-0.4, -0.2) is 22.8 Å². The molecule has 0 amide bonds. The highest BCUT2D eigenvalue weighted by Gasteiger charge is 2.50. The first-order valence-electron chi connectivity index (χ1n) is 6.00. The van der Waals surface area contributed by atoms with Crippen LogP contribution in [0.2, 0.25) is 0 Å². The van der Waals surface area contributed by atoms with Crippen LogP contribution in [0.5, 0.6) is 0 Å². The summed E-state index contributed by atoms with van der Waals surface area (Å²) in [4.78, 5) is 15.4. The number of rotatable bonds is 2. The Morgan fingerprint density at radius 3 is 2.60 bits per heavy atom. The van der Waals surface area contributed by atoms with Gasteiger partial charge in [0.05, 0.1) is 11.1 Å². The molecule has 0 bridgehead atoms. The van der Waals surface area contributed by atoms with Crippen molar-refractivity contribution in [2.24, 2.45) is 5.92 Å². The van der Waals surface area contributed by atoms with Crippen LogP contribution in [0, 0.1) is 5.92 Å². The van der Waals surface area contributed by atoms with Crippen LogP contribution in [0.15, 0.2) is 35.1 Å². The zero-order chi connectivity index (χ0) is 15.1. The van der Waals surface area contributed by atoms with Crippen molar-refractivity contribution in [3.63, 3.8) is 0 Å². The molecule has 1 aliphatic carbocycles. The van der Waals surface area contributed by atoms with Gasteiger partial charge in [0.1, 0.15) is 0 Å². The van der Waals surface area contributed by atoms with Crippen molar-refractivity contribution in [1.29, 1.82) is 0 Å². The minimum atomic E-state index is -4.55. The molecule has 110 valence electrons. The molecule has 0 saturated carbocycles. The number of hydroxylamine groups is 1. The highest BCUT2D eigenvalue weighted by molar-refractivity contribution is 5.90. The van der Waals surface area contributed by atoms with Crippen molar-refractivity contribution >= 4 is 5.97 Å². The molecule has 0 saturated heterocycles. The number of allylic oxidation sites excluding steroid dienone is 2. The van der Waals surface area contributed by atoms with Crippen LogP contribution in [0.25, 0.3) is 0 Å². The summed E-state index contributed by atoms with van der Waals surface area (Å²) in [5.74, 6) is -2.39. The minimum Gasteiger partial charge on any atom is -0.478 e. The molecule has 0 spiro atoms. The van der Waals surface area contributed by atoms with Crippen LogP contribution in [-0.2, 0) is 9.63 Å². The number of carboxylic acid groups (broad SMARTS) is 1. The first-order chi connectivity index (χ1) is 9.16. The Hall–Kier alpha value is -1.76. The van der Waals surface area contributed by atoms with Gasteiger partial charge in [-0.2, -0.15) is 13.2 Å². The van der Waals surface area contributed by atoms with E-state index in [2.05, 4.69) is 10.3 Å². The molecule has 2 N–H and O–H groups in total. The summed E-state index contributed by atoms with van der Waals surface area (Å²) >= 11 is 0. The summed E-state index contributed by atoms with van der Waals surface area (Å²) in [6, 6.07) is 0. The smallest absolute Gasteiger partial charge is 0.451 e. The summed E-state index contributed by atoms with van der Waals surface area (Å²) in [5, 5.41) is 8.84. The van der Waals surface area contributed by atoms with Crippen LogP contribution < -0.4 is 5.48 Å². The van der Waals surface area contributed by atoms with Gasteiger partial charge in [0, 0.05) is 11.5 Å². The van der Waals surface area contributed by atoms with Gasteiger partial charge in [-0.05, 0) is 20.3 Å². The Labute approximate surface area is 113 Å². The van der Waals surface area contributed by atoms with Crippen molar-refractivity contribution < 1.29 is 27.9 Å². The lowest BCUT2D eigenvalue weighted by molar-refractivity contribution is -0.139. The van der Waals surface area contributed by atoms with Crippen molar-refractivity contribution in [2.45, 2.75) is 32.0 Å². The normalized spacial score (nSPS) is 30.2. The summed E-state index contributed by atoms with van der Waals surface area (Å²) in [6.45, 7) is 2.97. The van der Waals surface area contributed by atoms with E-state index in [0.717, 1.165) is 0 Å². The predicted octanol–water partition coefficient (Wildman–Crippen LogP) is 2.70. The monoisotopic (exact) mass is 289 g/mol. The molecule has 1 heterocycles. The summed E-state index contributed by atoms with van der Waals surface area (Å²) in [6.07, 6.45) is 0.284. The number of halogens is 3. The number of aliphatic carboxylic acids is 1. The Kier molecular flexibility index (Phi) is 3.41. The molecule has 0 fully saturated rings. The van der Waals surface area contributed by atoms with Crippen LogP contribution in [0.1, 0.15) is 20.3 Å². The molecular formula is C13H14F3NO3. The van der Waals surface area contributed by atoms with Gasteiger partial charge in [-0.15, -0.1) is 5.48 Å². The van der Waals surface area contributed by atoms with Crippen molar-refractivity contribution in [1.82, 2.24) is 5.48 Å². The molecule has 0 aromatic rings. The van der Waals surface area contributed by atoms with E-state index in [0.29, 0.717) is 6.42 Å². The van der Waals surface area contributed by atoms with E-state index in [1.807, 2.05) is 0 Å². The third kappa shape index (κ3) is 2.33. The van der Waals surface area contributed by atoms with Crippen LogP contribution >= 0.6 is 0 Å². The minimum absolute atomic E-state index is 0.0619. The third-order valence-corrected chi connectivity index (χ3v) is 3.83. The molecule has 2 atom stereocenters. The van der Waals surface area contributed by atoms with Crippen molar-refractivity contribution in [3.05, 3.63) is 35.1 Å². The highest BCUT2D eigenvalue weighted by atomic mass is 19.4. The fourth-order valence-corrected chi connectivity index (χ4v) is 2.38. The summed E-state index contributed by atoms with van der Waals surface area (Å²) in [5.41, 5.74) is 1.62. The third-order valence-electron chi connectivity index (χ3n) is 3.83. The number of hydrogen-bond donors (Lipinski definition) is 2. The summed E-state index contributed by atoms with van der Waals surface area (Å²) in [7, 11) is 0. The van der Waals surface area contributed by atoms with E-state index >= 15 is 0 Å². The van der Waals surface area contributed by atoms with E-state index < -0.39 is 23.4 Å². The number of hydrogen-bond acceptors (Lipinski definition) is 3.